The second kappa shape index (κ2) is 7.46. The van der Waals surface area contributed by atoms with Gasteiger partial charge in [-0.15, -0.1) is 0 Å². The Balaban J connectivity index is 2.54. The van der Waals surface area contributed by atoms with Crippen LogP contribution in [-0.2, 0) is 0 Å². The molecule has 18 heavy (non-hydrogen) atoms. The van der Waals surface area contributed by atoms with Crippen LogP contribution in [0.1, 0.15) is 41.5 Å². The van der Waals surface area contributed by atoms with Crippen LogP contribution in [0.4, 0.5) is 0 Å². The minimum atomic E-state index is 0.755. The average Bonchev–Trinajstić information content (AvgIpc) is 2.12. The summed E-state index contributed by atoms with van der Waals surface area (Å²) in [6.07, 6.45) is 0. The van der Waals surface area contributed by atoms with Gasteiger partial charge in [0.1, 0.15) is 0 Å². The molecular formula is C15H33N3. The van der Waals surface area contributed by atoms with Crippen molar-refractivity contribution in [3.8, 4) is 0 Å². The first kappa shape index (κ1) is 15.9. The predicted octanol–water partition coefficient (Wildman–Crippen LogP) is 2.75. The molecule has 0 aromatic rings. The third-order valence-corrected chi connectivity index (χ3v) is 3.07. The summed E-state index contributed by atoms with van der Waals surface area (Å²) in [7, 11) is 0. The summed E-state index contributed by atoms with van der Waals surface area (Å²) < 4.78 is 0. The van der Waals surface area contributed by atoms with Gasteiger partial charge in [-0.2, -0.15) is 0 Å². The van der Waals surface area contributed by atoms with Crippen LogP contribution in [0.2, 0.25) is 0 Å². The van der Waals surface area contributed by atoms with Gasteiger partial charge in [0.05, 0.1) is 20.0 Å². The smallest absolute Gasteiger partial charge is 0.0530 e. The van der Waals surface area contributed by atoms with Gasteiger partial charge in [0, 0.05) is 19.6 Å². The van der Waals surface area contributed by atoms with E-state index in [2.05, 4.69) is 56.2 Å². The fourth-order valence-electron chi connectivity index (χ4n) is 2.88. The molecule has 0 saturated carbocycles. The number of nitrogens with zero attached hydrogens (tertiary/aromatic N) is 3. The molecule has 0 spiro atoms. The molecule has 1 aliphatic heterocycles. The third kappa shape index (κ3) is 6.17. The van der Waals surface area contributed by atoms with E-state index in [-0.39, 0.29) is 0 Å². The Morgan fingerprint density at radius 2 is 0.778 bits per heavy atom. The molecule has 1 aliphatic rings. The molecule has 0 atom stereocenters. The summed E-state index contributed by atoms with van der Waals surface area (Å²) in [5, 5.41) is 0. The lowest BCUT2D eigenvalue weighted by Gasteiger charge is -2.44. The van der Waals surface area contributed by atoms with Crippen molar-refractivity contribution < 1.29 is 0 Å². The highest BCUT2D eigenvalue weighted by atomic mass is 15.5. The van der Waals surface area contributed by atoms with Gasteiger partial charge in [0.2, 0.25) is 0 Å². The zero-order valence-electron chi connectivity index (χ0n) is 13.3. The molecule has 3 nitrogen and oxygen atoms in total. The Bertz CT molecular complexity index is 182. The predicted molar refractivity (Wildman–Crippen MR) is 79.2 cm³/mol. The Morgan fingerprint density at radius 1 is 0.556 bits per heavy atom. The average molecular weight is 255 g/mol. The molecule has 0 unspecified atom stereocenters. The van der Waals surface area contributed by atoms with Crippen LogP contribution < -0.4 is 0 Å². The van der Waals surface area contributed by atoms with Gasteiger partial charge in [-0.1, -0.05) is 41.5 Å². The van der Waals surface area contributed by atoms with E-state index in [9.17, 15) is 0 Å². The molecule has 0 bridgehead atoms. The molecule has 1 heterocycles. The van der Waals surface area contributed by atoms with Gasteiger partial charge >= 0.3 is 0 Å². The first-order valence-electron chi connectivity index (χ1n) is 7.53. The van der Waals surface area contributed by atoms with Crippen molar-refractivity contribution in [3.05, 3.63) is 0 Å². The lowest BCUT2D eigenvalue weighted by molar-refractivity contribution is -0.0429. The maximum absolute atomic E-state index is 2.60. The highest BCUT2D eigenvalue weighted by Gasteiger charge is 2.24. The molecule has 0 aliphatic carbocycles. The van der Waals surface area contributed by atoms with Crippen molar-refractivity contribution >= 4 is 0 Å². The van der Waals surface area contributed by atoms with Crippen LogP contribution >= 0.6 is 0 Å². The summed E-state index contributed by atoms with van der Waals surface area (Å²) in [5.41, 5.74) is 0. The number of hydrogen-bond donors (Lipinski definition) is 0. The normalized spacial score (nSPS) is 20.5. The summed E-state index contributed by atoms with van der Waals surface area (Å²) in [6, 6.07) is 0. The first-order chi connectivity index (χ1) is 8.36. The Hall–Kier alpha value is -0.120. The van der Waals surface area contributed by atoms with E-state index in [0.717, 1.165) is 37.8 Å². The van der Waals surface area contributed by atoms with E-state index in [1.165, 1.54) is 19.6 Å². The molecule has 1 fully saturated rings. The van der Waals surface area contributed by atoms with Gasteiger partial charge in [-0.3, -0.25) is 14.7 Å². The lowest BCUT2D eigenvalue weighted by Crippen LogP contribution is -2.56. The fraction of sp³-hybridized carbons (Fsp3) is 1.00. The molecule has 0 aromatic carbocycles. The quantitative estimate of drug-likeness (QED) is 0.722. The molecule has 1 rings (SSSR count). The Kier molecular flexibility index (Phi) is 6.61. The second-order valence-electron chi connectivity index (χ2n) is 7.17. The largest absolute Gasteiger partial charge is 0.277 e. The van der Waals surface area contributed by atoms with Crippen LogP contribution in [0, 0.1) is 17.8 Å². The van der Waals surface area contributed by atoms with E-state index >= 15 is 0 Å². The summed E-state index contributed by atoms with van der Waals surface area (Å²) in [5.74, 6) is 2.26. The summed E-state index contributed by atoms with van der Waals surface area (Å²) in [4.78, 5) is 7.79. The van der Waals surface area contributed by atoms with Crippen molar-refractivity contribution in [3.63, 3.8) is 0 Å². The Morgan fingerprint density at radius 3 is 0.944 bits per heavy atom. The SMILES string of the molecule is CC(C)CN1CN(CC(C)C)CN(CC(C)C)C1. The maximum atomic E-state index is 2.60. The molecule has 1 saturated heterocycles. The standard InChI is InChI=1S/C15H33N3/c1-13(2)7-16-10-17(8-14(3)4)12-18(11-16)9-15(5)6/h13-15H,7-12H2,1-6H3. The zero-order chi connectivity index (χ0) is 13.7. The molecule has 0 radical (unpaired) electrons. The highest BCUT2D eigenvalue weighted by molar-refractivity contribution is 4.72. The van der Waals surface area contributed by atoms with Crippen molar-refractivity contribution in [2.75, 3.05) is 39.6 Å². The van der Waals surface area contributed by atoms with Crippen molar-refractivity contribution in [2.45, 2.75) is 41.5 Å². The topological polar surface area (TPSA) is 9.72 Å². The van der Waals surface area contributed by atoms with Crippen molar-refractivity contribution in [1.82, 2.24) is 14.7 Å². The monoisotopic (exact) mass is 255 g/mol. The minimum absolute atomic E-state index is 0.755. The van der Waals surface area contributed by atoms with E-state index < -0.39 is 0 Å². The van der Waals surface area contributed by atoms with Gasteiger partial charge in [-0.25, -0.2) is 0 Å². The van der Waals surface area contributed by atoms with Crippen LogP contribution in [-0.4, -0.2) is 54.3 Å². The van der Waals surface area contributed by atoms with Crippen LogP contribution in [0.25, 0.3) is 0 Å². The van der Waals surface area contributed by atoms with Gasteiger partial charge < -0.3 is 0 Å². The Labute approximate surface area is 114 Å². The molecule has 0 amide bonds. The van der Waals surface area contributed by atoms with E-state index in [1.807, 2.05) is 0 Å². The zero-order valence-corrected chi connectivity index (χ0v) is 13.3. The van der Waals surface area contributed by atoms with Crippen LogP contribution in [0.3, 0.4) is 0 Å². The number of rotatable bonds is 6. The molecule has 0 N–H and O–H groups in total. The van der Waals surface area contributed by atoms with E-state index in [0.29, 0.717) is 0 Å². The summed E-state index contributed by atoms with van der Waals surface area (Å²) in [6.45, 7) is 20.9. The van der Waals surface area contributed by atoms with Crippen LogP contribution in [0.5, 0.6) is 0 Å². The highest BCUT2D eigenvalue weighted by Crippen LogP contribution is 2.13. The molecule has 3 heteroatoms. The van der Waals surface area contributed by atoms with Crippen LogP contribution in [0.15, 0.2) is 0 Å². The van der Waals surface area contributed by atoms with Gasteiger partial charge in [0.15, 0.2) is 0 Å². The van der Waals surface area contributed by atoms with E-state index in [4.69, 9.17) is 0 Å². The molecule has 108 valence electrons. The number of hydrogen-bond acceptors (Lipinski definition) is 3. The van der Waals surface area contributed by atoms with Crippen molar-refractivity contribution in [1.29, 1.82) is 0 Å². The molecular weight excluding hydrogens is 222 g/mol. The lowest BCUT2D eigenvalue weighted by atomic mass is 10.2. The third-order valence-electron chi connectivity index (χ3n) is 3.07. The first-order valence-corrected chi connectivity index (χ1v) is 7.53. The van der Waals surface area contributed by atoms with Crippen molar-refractivity contribution in [2.24, 2.45) is 17.8 Å². The van der Waals surface area contributed by atoms with E-state index in [1.54, 1.807) is 0 Å². The second-order valence-corrected chi connectivity index (χ2v) is 7.17. The summed E-state index contributed by atoms with van der Waals surface area (Å²) >= 11 is 0. The van der Waals surface area contributed by atoms with Gasteiger partial charge in [0.25, 0.3) is 0 Å². The minimum Gasteiger partial charge on any atom is -0.277 e. The van der Waals surface area contributed by atoms with Gasteiger partial charge in [-0.05, 0) is 17.8 Å². The fourth-order valence-corrected chi connectivity index (χ4v) is 2.88. The maximum Gasteiger partial charge on any atom is 0.0530 e. The molecule has 0 aromatic heterocycles.